The Balaban J connectivity index is 1.76. The molecule has 0 bridgehead atoms. The molecule has 1 aromatic carbocycles. The SMILES string of the molecule is COCCN(Cc1cccs1)C(=O)c1ccc(S(=O)(=O)N2CCCC2)cc1. The Labute approximate surface area is 164 Å². The fraction of sp³-hybridized carbons (Fsp3) is 0.421. The normalized spacial score (nSPS) is 15.1. The van der Waals surface area contributed by atoms with Gasteiger partial charge in [0.05, 0.1) is 18.0 Å². The lowest BCUT2D eigenvalue weighted by Gasteiger charge is -2.22. The third-order valence-electron chi connectivity index (χ3n) is 4.58. The number of benzene rings is 1. The van der Waals surface area contributed by atoms with Crippen molar-refractivity contribution >= 4 is 27.3 Å². The maximum atomic E-state index is 12.9. The van der Waals surface area contributed by atoms with Crippen LogP contribution in [0.25, 0.3) is 0 Å². The van der Waals surface area contributed by atoms with Crippen LogP contribution in [-0.2, 0) is 21.3 Å². The molecule has 6 nitrogen and oxygen atoms in total. The molecule has 0 aliphatic carbocycles. The summed E-state index contributed by atoms with van der Waals surface area (Å²) in [4.78, 5) is 16.0. The van der Waals surface area contributed by atoms with Gasteiger partial charge in [-0.1, -0.05) is 6.07 Å². The molecule has 1 aliphatic rings. The second kappa shape index (κ2) is 8.97. The second-order valence-corrected chi connectivity index (χ2v) is 9.40. The van der Waals surface area contributed by atoms with Crippen LogP contribution in [-0.4, -0.2) is 56.9 Å². The molecule has 1 aliphatic heterocycles. The smallest absolute Gasteiger partial charge is 0.254 e. The first-order chi connectivity index (χ1) is 13.0. The van der Waals surface area contributed by atoms with Gasteiger partial charge in [-0.3, -0.25) is 4.79 Å². The lowest BCUT2D eigenvalue weighted by atomic mass is 10.2. The predicted molar refractivity (Wildman–Crippen MR) is 105 cm³/mol. The molecular weight excluding hydrogens is 384 g/mol. The number of carbonyl (C=O) groups excluding carboxylic acids is 1. The monoisotopic (exact) mass is 408 g/mol. The maximum Gasteiger partial charge on any atom is 0.254 e. The Bertz CT molecular complexity index is 842. The summed E-state index contributed by atoms with van der Waals surface area (Å²) in [5.74, 6) is -0.134. The van der Waals surface area contributed by atoms with Gasteiger partial charge in [0, 0.05) is 37.2 Å². The van der Waals surface area contributed by atoms with Crippen molar-refractivity contribution in [2.24, 2.45) is 0 Å². The highest BCUT2D eigenvalue weighted by Gasteiger charge is 2.27. The van der Waals surface area contributed by atoms with Crippen LogP contribution in [0.3, 0.4) is 0 Å². The van der Waals surface area contributed by atoms with Gasteiger partial charge in [0.1, 0.15) is 0 Å². The Morgan fingerprint density at radius 3 is 2.48 bits per heavy atom. The van der Waals surface area contributed by atoms with Gasteiger partial charge in [0.2, 0.25) is 10.0 Å². The molecule has 146 valence electrons. The third kappa shape index (κ3) is 4.76. The molecule has 0 radical (unpaired) electrons. The predicted octanol–water partition coefficient (Wildman–Crippen LogP) is 2.82. The van der Waals surface area contributed by atoms with E-state index in [4.69, 9.17) is 4.74 Å². The van der Waals surface area contributed by atoms with Crippen LogP contribution in [0.5, 0.6) is 0 Å². The molecule has 0 N–H and O–H groups in total. The number of amides is 1. The van der Waals surface area contributed by atoms with Crippen molar-refractivity contribution in [3.63, 3.8) is 0 Å². The minimum atomic E-state index is -3.47. The molecule has 1 aromatic heterocycles. The summed E-state index contributed by atoms with van der Waals surface area (Å²) in [6, 6.07) is 10.2. The first kappa shape index (κ1) is 20.0. The van der Waals surface area contributed by atoms with E-state index in [1.165, 1.54) is 16.4 Å². The minimum Gasteiger partial charge on any atom is -0.383 e. The molecule has 0 saturated carbocycles. The number of carbonyl (C=O) groups is 1. The summed E-state index contributed by atoms with van der Waals surface area (Å²) in [6.07, 6.45) is 1.79. The summed E-state index contributed by atoms with van der Waals surface area (Å²) >= 11 is 1.60. The Morgan fingerprint density at radius 1 is 1.19 bits per heavy atom. The summed E-state index contributed by atoms with van der Waals surface area (Å²) in [5, 5.41) is 1.98. The van der Waals surface area contributed by atoms with Crippen LogP contribution < -0.4 is 0 Å². The number of rotatable bonds is 8. The van der Waals surface area contributed by atoms with E-state index in [1.807, 2.05) is 17.5 Å². The van der Waals surface area contributed by atoms with E-state index in [9.17, 15) is 13.2 Å². The number of hydrogen-bond acceptors (Lipinski definition) is 5. The molecule has 27 heavy (non-hydrogen) atoms. The fourth-order valence-corrected chi connectivity index (χ4v) is 5.31. The largest absolute Gasteiger partial charge is 0.383 e. The molecule has 1 saturated heterocycles. The van der Waals surface area contributed by atoms with E-state index in [0.717, 1.165) is 17.7 Å². The minimum absolute atomic E-state index is 0.134. The highest BCUT2D eigenvalue weighted by molar-refractivity contribution is 7.89. The van der Waals surface area contributed by atoms with E-state index < -0.39 is 10.0 Å². The number of ether oxygens (including phenoxy) is 1. The van der Waals surface area contributed by atoms with Crippen LogP contribution in [0.4, 0.5) is 0 Å². The Hall–Kier alpha value is -1.74. The van der Waals surface area contributed by atoms with Crippen LogP contribution >= 0.6 is 11.3 Å². The molecular formula is C19H24N2O4S2. The summed E-state index contributed by atoms with van der Waals surface area (Å²) in [6.45, 7) is 2.55. The number of sulfonamides is 1. The number of nitrogens with zero attached hydrogens (tertiary/aromatic N) is 2. The van der Waals surface area contributed by atoms with Gasteiger partial charge < -0.3 is 9.64 Å². The molecule has 8 heteroatoms. The third-order valence-corrected chi connectivity index (χ3v) is 7.36. The van der Waals surface area contributed by atoms with Crippen LogP contribution in [0.1, 0.15) is 28.1 Å². The van der Waals surface area contributed by atoms with E-state index in [2.05, 4.69) is 0 Å². The van der Waals surface area contributed by atoms with Crippen molar-refractivity contribution in [2.75, 3.05) is 33.4 Å². The van der Waals surface area contributed by atoms with E-state index in [0.29, 0.717) is 38.3 Å². The van der Waals surface area contributed by atoms with Crippen molar-refractivity contribution in [3.8, 4) is 0 Å². The first-order valence-corrected chi connectivity index (χ1v) is 11.2. The molecule has 3 rings (SSSR count). The molecule has 1 fully saturated rings. The number of hydrogen-bond donors (Lipinski definition) is 0. The standard InChI is InChI=1S/C19H24N2O4S2/c1-25-13-12-20(15-17-5-4-14-26-17)19(22)16-6-8-18(9-7-16)27(23,24)21-10-2-3-11-21/h4-9,14H,2-3,10-13,15H2,1H3. The van der Waals surface area contributed by atoms with Gasteiger partial charge in [0.25, 0.3) is 5.91 Å². The molecule has 0 unspecified atom stereocenters. The van der Waals surface area contributed by atoms with Crippen LogP contribution in [0, 0.1) is 0 Å². The Kier molecular flexibility index (Phi) is 6.64. The van der Waals surface area contributed by atoms with Gasteiger partial charge in [0.15, 0.2) is 0 Å². The van der Waals surface area contributed by atoms with Crippen molar-refractivity contribution in [2.45, 2.75) is 24.3 Å². The van der Waals surface area contributed by atoms with Crippen LogP contribution in [0.2, 0.25) is 0 Å². The summed E-state index contributed by atoms with van der Waals surface area (Å²) < 4.78 is 31.9. The molecule has 0 atom stereocenters. The van der Waals surface area contributed by atoms with E-state index in [-0.39, 0.29) is 10.8 Å². The van der Waals surface area contributed by atoms with Gasteiger partial charge in [-0.05, 0) is 48.6 Å². The number of methoxy groups -OCH3 is 1. The van der Waals surface area contributed by atoms with Crippen LogP contribution in [0.15, 0.2) is 46.7 Å². The van der Waals surface area contributed by atoms with Crippen molar-refractivity contribution < 1.29 is 17.9 Å². The average molecular weight is 409 g/mol. The van der Waals surface area contributed by atoms with Crippen molar-refractivity contribution in [1.29, 1.82) is 0 Å². The quantitative estimate of drug-likeness (QED) is 0.674. The topological polar surface area (TPSA) is 66.9 Å². The zero-order valence-corrected chi connectivity index (χ0v) is 17.0. The second-order valence-electron chi connectivity index (χ2n) is 6.43. The van der Waals surface area contributed by atoms with E-state index >= 15 is 0 Å². The molecule has 0 spiro atoms. The Morgan fingerprint density at radius 2 is 1.89 bits per heavy atom. The van der Waals surface area contributed by atoms with E-state index in [1.54, 1.807) is 35.5 Å². The fourth-order valence-electron chi connectivity index (χ4n) is 3.07. The maximum absolute atomic E-state index is 12.9. The van der Waals surface area contributed by atoms with Gasteiger partial charge >= 0.3 is 0 Å². The summed E-state index contributed by atoms with van der Waals surface area (Å²) in [7, 11) is -1.86. The first-order valence-electron chi connectivity index (χ1n) is 8.93. The molecule has 2 aromatic rings. The molecule has 1 amide bonds. The molecule has 2 heterocycles. The zero-order chi connectivity index (χ0) is 19.3. The van der Waals surface area contributed by atoms with Gasteiger partial charge in [-0.25, -0.2) is 8.42 Å². The number of thiophene rings is 1. The highest BCUT2D eigenvalue weighted by Crippen LogP contribution is 2.22. The highest BCUT2D eigenvalue weighted by atomic mass is 32.2. The van der Waals surface area contributed by atoms with Gasteiger partial charge in [-0.2, -0.15) is 4.31 Å². The zero-order valence-electron chi connectivity index (χ0n) is 15.3. The summed E-state index contributed by atoms with van der Waals surface area (Å²) in [5.41, 5.74) is 0.475. The lowest BCUT2D eigenvalue weighted by Crippen LogP contribution is -2.33. The van der Waals surface area contributed by atoms with Crippen molar-refractivity contribution in [3.05, 3.63) is 52.2 Å². The lowest BCUT2D eigenvalue weighted by molar-refractivity contribution is 0.0682. The van der Waals surface area contributed by atoms with Crippen molar-refractivity contribution in [1.82, 2.24) is 9.21 Å². The van der Waals surface area contributed by atoms with Gasteiger partial charge in [-0.15, -0.1) is 11.3 Å². The average Bonchev–Trinajstić information content (AvgIpc) is 3.38.